The summed E-state index contributed by atoms with van der Waals surface area (Å²) in [5, 5.41) is 0. The minimum atomic E-state index is 0.121. The zero-order valence-corrected chi connectivity index (χ0v) is 14.0. The Morgan fingerprint density at radius 3 is 2.30 bits per heavy atom. The topological polar surface area (TPSA) is 40.6 Å². The van der Waals surface area contributed by atoms with Crippen molar-refractivity contribution in [1.82, 2.24) is 9.80 Å². The number of benzene rings is 1. The lowest BCUT2D eigenvalue weighted by Crippen LogP contribution is -2.44. The Kier molecular flexibility index (Phi) is 4.99. The quantitative estimate of drug-likeness (QED) is 0.859. The van der Waals surface area contributed by atoms with Crippen LogP contribution in [0.15, 0.2) is 24.3 Å². The third kappa shape index (κ3) is 3.74. The van der Waals surface area contributed by atoms with Gasteiger partial charge in [-0.25, -0.2) is 0 Å². The van der Waals surface area contributed by atoms with Crippen LogP contribution in [-0.2, 0) is 16.0 Å². The zero-order chi connectivity index (χ0) is 16.2. The average Bonchev–Trinajstić information content (AvgIpc) is 3.11. The highest BCUT2D eigenvalue weighted by Gasteiger charge is 2.31. The molecule has 3 rings (SSSR count). The Morgan fingerprint density at radius 1 is 1.00 bits per heavy atom. The van der Waals surface area contributed by atoms with Crippen molar-refractivity contribution in [3.63, 3.8) is 0 Å². The van der Waals surface area contributed by atoms with E-state index in [1.54, 1.807) is 0 Å². The van der Waals surface area contributed by atoms with Crippen molar-refractivity contribution < 1.29 is 9.59 Å². The SMILES string of the molecule is Cc1ccccc1CC(=O)N1CCC(C(=O)N2CCCC2)CC1. The number of aryl methyl sites for hydroxylation is 1. The van der Waals surface area contributed by atoms with Crippen molar-refractivity contribution >= 4 is 11.8 Å². The number of hydrogen-bond donors (Lipinski definition) is 0. The second kappa shape index (κ2) is 7.16. The fourth-order valence-corrected chi connectivity index (χ4v) is 3.65. The van der Waals surface area contributed by atoms with Gasteiger partial charge in [0.25, 0.3) is 0 Å². The summed E-state index contributed by atoms with van der Waals surface area (Å²) in [6, 6.07) is 8.05. The van der Waals surface area contributed by atoms with E-state index in [9.17, 15) is 9.59 Å². The Hall–Kier alpha value is -1.84. The van der Waals surface area contributed by atoms with Crippen molar-refractivity contribution in [3.05, 3.63) is 35.4 Å². The molecule has 0 atom stereocenters. The summed E-state index contributed by atoms with van der Waals surface area (Å²) in [7, 11) is 0. The maximum Gasteiger partial charge on any atom is 0.226 e. The molecule has 0 spiro atoms. The third-order valence-corrected chi connectivity index (χ3v) is 5.22. The number of amides is 2. The van der Waals surface area contributed by atoms with Crippen molar-refractivity contribution in [2.45, 2.75) is 39.0 Å². The minimum Gasteiger partial charge on any atom is -0.342 e. The van der Waals surface area contributed by atoms with E-state index in [2.05, 4.69) is 0 Å². The lowest BCUT2D eigenvalue weighted by atomic mass is 9.94. The molecule has 2 aliphatic heterocycles. The van der Waals surface area contributed by atoms with Gasteiger partial charge in [-0.3, -0.25) is 9.59 Å². The smallest absolute Gasteiger partial charge is 0.226 e. The summed E-state index contributed by atoms with van der Waals surface area (Å²) in [6.45, 7) is 5.32. The highest BCUT2D eigenvalue weighted by atomic mass is 16.2. The molecule has 0 N–H and O–H groups in total. The van der Waals surface area contributed by atoms with Crippen LogP contribution in [0.4, 0.5) is 0 Å². The predicted molar refractivity (Wildman–Crippen MR) is 90.0 cm³/mol. The molecular weight excluding hydrogens is 288 g/mol. The number of likely N-dealkylation sites (tertiary alicyclic amines) is 2. The second-order valence-corrected chi connectivity index (χ2v) is 6.79. The molecule has 2 saturated heterocycles. The molecule has 2 amide bonds. The largest absolute Gasteiger partial charge is 0.342 e. The van der Waals surface area contributed by atoms with Gasteiger partial charge in [0.1, 0.15) is 0 Å². The maximum atomic E-state index is 12.5. The molecule has 0 aliphatic carbocycles. The van der Waals surface area contributed by atoms with Crippen LogP contribution >= 0.6 is 0 Å². The Morgan fingerprint density at radius 2 is 1.65 bits per heavy atom. The highest BCUT2D eigenvalue weighted by molar-refractivity contribution is 5.81. The number of piperidine rings is 1. The molecule has 1 aromatic carbocycles. The molecule has 4 heteroatoms. The number of hydrogen-bond acceptors (Lipinski definition) is 2. The number of carbonyl (C=O) groups is 2. The van der Waals surface area contributed by atoms with Crippen molar-refractivity contribution in [2.75, 3.05) is 26.2 Å². The van der Waals surface area contributed by atoms with Gasteiger partial charge < -0.3 is 9.80 Å². The van der Waals surface area contributed by atoms with Gasteiger partial charge in [-0.2, -0.15) is 0 Å². The molecule has 0 radical (unpaired) electrons. The Labute approximate surface area is 138 Å². The van der Waals surface area contributed by atoms with Crippen LogP contribution in [-0.4, -0.2) is 47.8 Å². The molecule has 23 heavy (non-hydrogen) atoms. The normalized spacial score (nSPS) is 19.2. The molecule has 0 saturated carbocycles. The molecule has 2 fully saturated rings. The highest BCUT2D eigenvalue weighted by Crippen LogP contribution is 2.22. The van der Waals surface area contributed by atoms with E-state index in [1.807, 2.05) is 41.0 Å². The molecule has 0 aromatic heterocycles. The van der Waals surface area contributed by atoms with Gasteiger partial charge in [-0.05, 0) is 43.7 Å². The molecular formula is C19H26N2O2. The fourth-order valence-electron chi connectivity index (χ4n) is 3.65. The van der Waals surface area contributed by atoms with E-state index in [-0.39, 0.29) is 11.8 Å². The monoisotopic (exact) mass is 314 g/mol. The maximum absolute atomic E-state index is 12.5. The summed E-state index contributed by atoms with van der Waals surface area (Å²) in [5.41, 5.74) is 2.27. The Balaban J connectivity index is 1.51. The van der Waals surface area contributed by atoms with Crippen molar-refractivity contribution in [2.24, 2.45) is 5.92 Å². The van der Waals surface area contributed by atoms with E-state index < -0.39 is 0 Å². The van der Waals surface area contributed by atoms with Gasteiger partial charge in [-0.15, -0.1) is 0 Å². The van der Waals surface area contributed by atoms with Crippen LogP contribution < -0.4 is 0 Å². The van der Waals surface area contributed by atoms with E-state index in [0.29, 0.717) is 12.3 Å². The van der Waals surface area contributed by atoms with Gasteiger partial charge in [0.15, 0.2) is 0 Å². The molecule has 2 heterocycles. The fraction of sp³-hybridized carbons (Fsp3) is 0.579. The van der Waals surface area contributed by atoms with E-state index in [4.69, 9.17) is 0 Å². The van der Waals surface area contributed by atoms with Gasteiger partial charge >= 0.3 is 0 Å². The van der Waals surface area contributed by atoms with Crippen LogP contribution in [0, 0.1) is 12.8 Å². The first-order valence-electron chi connectivity index (χ1n) is 8.76. The van der Waals surface area contributed by atoms with E-state index in [1.165, 1.54) is 5.56 Å². The predicted octanol–water partition coefficient (Wildman–Crippen LogP) is 2.40. The number of carbonyl (C=O) groups excluding carboxylic acids is 2. The molecule has 2 aliphatic rings. The molecule has 4 nitrogen and oxygen atoms in total. The molecule has 0 unspecified atom stereocenters. The van der Waals surface area contributed by atoms with Crippen molar-refractivity contribution in [1.29, 1.82) is 0 Å². The van der Waals surface area contributed by atoms with Gasteiger partial charge in [0, 0.05) is 32.1 Å². The summed E-state index contributed by atoms with van der Waals surface area (Å²) < 4.78 is 0. The van der Waals surface area contributed by atoms with E-state index >= 15 is 0 Å². The van der Waals surface area contributed by atoms with Crippen molar-refractivity contribution in [3.8, 4) is 0 Å². The van der Waals surface area contributed by atoms with Crippen LogP contribution in [0.5, 0.6) is 0 Å². The van der Waals surface area contributed by atoms with Crippen LogP contribution in [0.3, 0.4) is 0 Å². The first-order valence-corrected chi connectivity index (χ1v) is 8.76. The Bertz CT molecular complexity index is 570. The van der Waals surface area contributed by atoms with Gasteiger partial charge in [0.2, 0.25) is 11.8 Å². The van der Waals surface area contributed by atoms with Gasteiger partial charge in [-0.1, -0.05) is 24.3 Å². The van der Waals surface area contributed by atoms with Crippen LogP contribution in [0.25, 0.3) is 0 Å². The minimum absolute atomic E-state index is 0.121. The first kappa shape index (κ1) is 16.0. The number of rotatable bonds is 3. The van der Waals surface area contributed by atoms with Crippen LogP contribution in [0.1, 0.15) is 36.8 Å². The molecule has 0 bridgehead atoms. The standard InChI is InChI=1S/C19H26N2O2/c1-15-6-2-3-7-17(15)14-18(22)20-12-8-16(9-13-20)19(23)21-10-4-5-11-21/h2-3,6-7,16H,4-5,8-14H2,1H3. The molecule has 1 aromatic rings. The summed E-state index contributed by atoms with van der Waals surface area (Å²) >= 11 is 0. The van der Waals surface area contributed by atoms with E-state index in [0.717, 1.165) is 57.4 Å². The van der Waals surface area contributed by atoms with Crippen LogP contribution in [0.2, 0.25) is 0 Å². The number of nitrogens with zero attached hydrogens (tertiary/aromatic N) is 2. The third-order valence-electron chi connectivity index (χ3n) is 5.22. The summed E-state index contributed by atoms with van der Waals surface area (Å²) in [4.78, 5) is 28.9. The zero-order valence-electron chi connectivity index (χ0n) is 14.0. The summed E-state index contributed by atoms with van der Waals surface area (Å²) in [6.07, 6.45) is 4.38. The lowest BCUT2D eigenvalue weighted by molar-refractivity contribution is -0.139. The van der Waals surface area contributed by atoms with Gasteiger partial charge in [0.05, 0.1) is 6.42 Å². The lowest BCUT2D eigenvalue weighted by Gasteiger charge is -2.33. The summed E-state index contributed by atoms with van der Waals surface area (Å²) in [5.74, 6) is 0.621. The average molecular weight is 314 g/mol. The molecule has 124 valence electrons. The first-order chi connectivity index (χ1) is 11.1. The second-order valence-electron chi connectivity index (χ2n) is 6.79.